The van der Waals surface area contributed by atoms with Gasteiger partial charge in [-0.15, -0.1) is 11.8 Å². The minimum absolute atomic E-state index is 0.247. The van der Waals surface area contributed by atoms with Gasteiger partial charge in [-0.1, -0.05) is 42.2 Å². The molecule has 0 fully saturated rings. The van der Waals surface area contributed by atoms with E-state index in [1.54, 1.807) is 17.8 Å². The largest absolute Gasteiger partial charge is 0.409 e. The SMILES string of the molecule is CC(C)(CCSc1ccc(Cl)c(Cl)c1)C(N)=NO. The Labute approximate surface area is 121 Å². The first-order valence-corrected chi connectivity index (χ1v) is 7.17. The Bertz CT molecular complexity index is 450. The molecule has 0 atom stereocenters. The van der Waals surface area contributed by atoms with E-state index in [1.807, 2.05) is 26.0 Å². The van der Waals surface area contributed by atoms with Crippen molar-refractivity contribution >= 4 is 40.8 Å². The normalized spacial score (nSPS) is 12.8. The van der Waals surface area contributed by atoms with E-state index in [1.165, 1.54) is 0 Å². The molecule has 0 radical (unpaired) electrons. The predicted molar refractivity (Wildman–Crippen MR) is 79.0 cm³/mol. The minimum atomic E-state index is -0.321. The molecule has 0 aromatic heterocycles. The molecule has 3 nitrogen and oxygen atoms in total. The highest BCUT2D eigenvalue weighted by atomic mass is 35.5. The first-order valence-electron chi connectivity index (χ1n) is 5.42. The highest BCUT2D eigenvalue weighted by Crippen LogP contribution is 2.30. The highest BCUT2D eigenvalue weighted by molar-refractivity contribution is 7.99. The number of oxime groups is 1. The van der Waals surface area contributed by atoms with Gasteiger partial charge in [0.15, 0.2) is 0 Å². The third kappa shape index (κ3) is 4.26. The fourth-order valence-electron chi connectivity index (χ4n) is 1.25. The van der Waals surface area contributed by atoms with Crippen LogP contribution in [0.25, 0.3) is 0 Å². The molecule has 0 aliphatic heterocycles. The Kier molecular flexibility index (Phi) is 5.63. The van der Waals surface area contributed by atoms with Gasteiger partial charge in [0.2, 0.25) is 0 Å². The van der Waals surface area contributed by atoms with Gasteiger partial charge in [0.05, 0.1) is 10.0 Å². The van der Waals surface area contributed by atoms with Crippen LogP contribution < -0.4 is 5.73 Å². The molecular weight excluding hydrogens is 291 g/mol. The molecule has 1 aromatic rings. The maximum Gasteiger partial charge on any atom is 0.144 e. The molecule has 0 saturated carbocycles. The monoisotopic (exact) mass is 306 g/mol. The number of hydrogen-bond donors (Lipinski definition) is 2. The smallest absolute Gasteiger partial charge is 0.144 e. The number of rotatable bonds is 5. The molecule has 0 bridgehead atoms. The van der Waals surface area contributed by atoms with Crippen LogP contribution in [0.4, 0.5) is 0 Å². The van der Waals surface area contributed by atoms with Crippen LogP contribution in [0.2, 0.25) is 10.0 Å². The molecule has 18 heavy (non-hydrogen) atoms. The van der Waals surface area contributed by atoms with E-state index in [0.717, 1.165) is 17.1 Å². The van der Waals surface area contributed by atoms with E-state index in [0.29, 0.717) is 10.0 Å². The molecule has 100 valence electrons. The quantitative estimate of drug-likeness (QED) is 0.281. The number of thioether (sulfide) groups is 1. The van der Waals surface area contributed by atoms with Gasteiger partial charge in [0, 0.05) is 10.3 Å². The molecule has 6 heteroatoms. The lowest BCUT2D eigenvalue weighted by molar-refractivity contribution is 0.307. The molecule has 0 heterocycles. The Morgan fingerprint density at radius 1 is 1.39 bits per heavy atom. The predicted octanol–water partition coefficient (Wildman–Crippen LogP) is 4.25. The summed E-state index contributed by atoms with van der Waals surface area (Å²) in [5.74, 6) is 1.10. The van der Waals surface area contributed by atoms with Crippen LogP contribution in [0.1, 0.15) is 20.3 Å². The van der Waals surface area contributed by atoms with Crippen LogP contribution in [-0.4, -0.2) is 16.8 Å². The average molecular weight is 307 g/mol. The zero-order valence-corrected chi connectivity index (χ0v) is 12.6. The molecule has 1 aromatic carbocycles. The fraction of sp³-hybridized carbons (Fsp3) is 0.417. The van der Waals surface area contributed by atoms with E-state index in [4.69, 9.17) is 34.1 Å². The van der Waals surface area contributed by atoms with Gasteiger partial charge in [0.25, 0.3) is 0 Å². The number of nitrogens with two attached hydrogens (primary N) is 1. The Balaban J connectivity index is 2.54. The van der Waals surface area contributed by atoms with Gasteiger partial charge in [-0.2, -0.15) is 0 Å². The summed E-state index contributed by atoms with van der Waals surface area (Å²) in [7, 11) is 0. The standard InChI is InChI=1S/C12H16Cl2N2OS/c1-12(2,11(15)16-17)5-6-18-8-3-4-9(13)10(14)7-8/h3-4,7,17H,5-6H2,1-2H3,(H2,15,16). The summed E-state index contributed by atoms with van der Waals surface area (Å²) in [6.07, 6.45) is 0.799. The summed E-state index contributed by atoms with van der Waals surface area (Å²) >= 11 is 13.4. The maximum atomic E-state index is 8.68. The van der Waals surface area contributed by atoms with Crippen molar-refractivity contribution in [2.24, 2.45) is 16.3 Å². The zero-order valence-electron chi connectivity index (χ0n) is 10.3. The average Bonchev–Trinajstić information content (AvgIpc) is 2.32. The first kappa shape index (κ1) is 15.5. The Morgan fingerprint density at radius 3 is 2.61 bits per heavy atom. The van der Waals surface area contributed by atoms with Crippen molar-refractivity contribution in [2.45, 2.75) is 25.2 Å². The molecule has 0 aliphatic rings. The Hall–Kier alpha value is -0.580. The van der Waals surface area contributed by atoms with Gasteiger partial charge < -0.3 is 10.9 Å². The minimum Gasteiger partial charge on any atom is -0.409 e. The van der Waals surface area contributed by atoms with Gasteiger partial charge >= 0.3 is 0 Å². The molecule has 0 aliphatic carbocycles. The number of benzene rings is 1. The number of nitrogens with zero attached hydrogens (tertiary/aromatic N) is 1. The summed E-state index contributed by atoms with van der Waals surface area (Å²) in [6, 6.07) is 5.54. The van der Waals surface area contributed by atoms with Gasteiger partial charge in [-0.25, -0.2) is 0 Å². The topological polar surface area (TPSA) is 58.6 Å². The van der Waals surface area contributed by atoms with E-state index >= 15 is 0 Å². The van der Waals surface area contributed by atoms with Crippen molar-refractivity contribution in [1.29, 1.82) is 0 Å². The highest BCUT2D eigenvalue weighted by Gasteiger charge is 2.23. The molecule has 0 unspecified atom stereocenters. The van der Waals surface area contributed by atoms with Crippen LogP contribution >= 0.6 is 35.0 Å². The molecule has 0 amide bonds. The second-order valence-corrected chi connectivity index (χ2v) is 6.53. The third-order valence-electron chi connectivity index (χ3n) is 2.69. The Morgan fingerprint density at radius 2 is 2.06 bits per heavy atom. The van der Waals surface area contributed by atoms with Gasteiger partial charge in [-0.05, 0) is 30.4 Å². The maximum absolute atomic E-state index is 8.68. The number of hydrogen-bond acceptors (Lipinski definition) is 3. The first-order chi connectivity index (χ1) is 8.36. The van der Waals surface area contributed by atoms with E-state index in [9.17, 15) is 0 Å². The molecule has 1 rings (SSSR count). The fourth-order valence-corrected chi connectivity index (χ4v) is 2.83. The second-order valence-electron chi connectivity index (χ2n) is 4.54. The van der Waals surface area contributed by atoms with Crippen molar-refractivity contribution in [3.05, 3.63) is 28.2 Å². The number of halogens is 2. The molecule has 0 spiro atoms. The lowest BCUT2D eigenvalue weighted by Crippen LogP contribution is -2.32. The van der Waals surface area contributed by atoms with Crippen LogP contribution in [0.3, 0.4) is 0 Å². The third-order valence-corrected chi connectivity index (χ3v) is 4.42. The van der Waals surface area contributed by atoms with Crippen LogP contribution in [-0.2, 0) is 0 Å². The zero-order chi connectivity index (χ0) is 13.8. The van der Waals surface area contributed by atoms with Crippen molar-refractivity contribution < 1.29 is 5.21 Å². The van der Waals surface area contributed by atoms with E-state index in [2.05, 4.69) is 5.16 Å². The van der Waals surface area contributed by atoms with Crippen molar-refractivity contribution in [1.82, 2.24) is 0 Å². The summed E-state index contributed by atoms with van der Waals surface area (Å²) in [6.45, 7) is 3.88. The van der Waals surface area contributed by atoms with E-state index in [-0.39, 0.29) is 11.3 Å². The second kappa shape index (κ2) is 6.55. The summed E-state index contributed by atoms with van der Waals surface area (Å²) in [4.78, 5) is 1.06. The van der Waals surface area contributed by atoms with Crippen molar-refractivity contribution in [2.75, 3.05) is 5.75 Å². The van der Waals surface area contributed by atoms with Crippen LogP contribution in [0.5, 0.6) is 0 Å². The van der Waals surface area contributed by atoms with Gasteiger partial charge in [-0.3, -0.25) is 0 Å². The summed E-state index contributed by atoms with van der Waals surface area (Å²) < 4.78 is 0. The number of amidine groups is 1. The molecule has 3 N–H and O–H groups in total. The van der Waals surface area contributed by atoms with Crippen LogP contribution in [0, 0.1) is 5.41 Å². The van der Waals surface area contributed by atoms with Crippen molar-refractivity contribution in [3.63, 3.8) is 0 Å². The van der Waals surface area contributed by atoms with Crippen LogP contribution in [0.15, 0.2) is 28.3 Å². The lowest BCUT2D eigenvalue weighted by Gasteiger charge is -2.22. The molecular formula is C12H16Cl2N2OS. The lowest BCUT2D eigenvalue weighted by atomic mass is 9.89. The summed E-state index contributed by atoms with van der Waals surface area (Å²) in [5, 5.41) is 12.8. The molecule has 0 saturated heterocycles. The van der Waals surface area contributed by atoms with Crippen molar-refractivity contribution in [3.8, 4) is 0 Å². The summed E-state index contributed by atoms with van der Waals surface area (Å²) in [5.41, 5.74) is 5.30. The van der Waals surface area contributed by atoms with E-state index < -0.39 is 0 Å². The van der Waals surface area contributed by atoms with Gasteiger partial charge in [0.1, 0.15) is 5.84 Å².